The Kier molecular flexibility index (Phi) is 5.12. The number of benzene rings is 1. The molecule has 1 aliphatic carbocycles. The molecular weight excluding hydrogens is 362 g/mol. The molecule has 140 valence electrons. The third-order valence-corrected chi connectivity index (χ3v) is 5.71. The van der Waals surface area contributed by atoms with Crippen molar-refractivity contribution in [1.29, 1.82) is 0 Å². The van der Waals surface area contributed by atoms with E-state index in [0.717, 1.165) is 24.1 Å². The number of nitrogens with zero attached hydrogens (tertiary/aromatic N) is 2. The van der Waals surface area contributed by atoms with E-state index in [-0.39, 0.29) is 11.8 Å². The molecule has 0 spiro atoms. The van der Waals surface area contributed by atoms with Crippen LogP contribution in [0.25, 0.3) is 0 Å². The van der Waals surface area contributed by atoms with Gasteiger partial charge in [-0.1, -0.05) is 49.4 Å². The van der Waals surface area contributed by atoms with Crippen molar-refractivity contribution in [2.45, 2.75) is 44.6 Å². The lowest BCUT2D eigenvalue weighted by Crippen LogP contribution is -2.47. The van der Waals surface area contributed by atoms with E-state index in [4.69, 9.17) is 11.6 Å². The van der Waals surface area contributed by atoms with Crippen LogP contribution >= 0.6 is 11.6 Å². The lowest BCUT2D eigenvalue weighted by Gasteiger charge is -2.29. The average molecular weight is 384 g/mol. The first-order valence-electron chi connectivity index (χ1n) is 9.44. The normalized spacial score (nSPS) is 17.8. The zero-order valence-electron chi connectivity index (χ0n) is 15.0. The molecule has 1 fully saturated rings. The molecule has 2 aromatic rings. The van der Waals surface area contributed by atoms with Crippen LogP contribution < -0.4 is 10.2 Å². The number of aromatic nitrogens is 1. The van der Waals surface area contributed by atoms with E-state index in [1.165, 1.54) is 12.8 Å². The molecule has 6 heteroatoms. The number of hydrogen-bond donors (Lipinski definition) is 1. The minimum Gasteiger partial charge on any atom is -0.309 e. The van der Waals surface area contributed by atoms with Gasteiger partial charge in [0.15, 0.2) is 0 Å². The summed E-state index contributed by atoms with van der Waals surface area (Å²) < 4.78 is 0. The zero-order valence-corrected chi connectivity index (χ0v) is 15.8. The minimum absolute atomic E-state index is 0.0496. The largest absolute Gasteiger partial charge is 0.309 e. The fourth-order valence-electron chi connectivity index (χ4n) is 4.17. The molecule has 27 heavy (non-hydrogen) atoms. The summed E-state index contributed by atoms with van der Waals surface area (Å²) in [5.74, 6) is 0.714. The molecule has 1 aromatic carbocycles. The van der Waals surface area contributed by atoms with Crippen molar-refractivity contribution in [1.82, 2.24) is 4.98 Å². The van der Waals surface area contributed by atoms with Crippen LogP contribution in [0.4, 0.5) is 11.5 Å². The molecule has 1 aromatic heterocycles. The van der Waals surface area contributed by atoms with Crippen molar-refractivity contribution in [3.05, 3.63) is 53.2 Å². The molecule has 1 N–H and O–H groups in total. The molecule has 1 unspecified atom stereocenters. The minimum atomic E-state index is -0.553. The molecule has 1 aliphatic heterocycles. The van der Waals surface area contributed by atoms with E-state index in [1.54, 1.807) is 35.4 Å². The number of carbonyl (C=O) groups excluding carboxylic acids is 2. The Bertz CT molecular complexity index is 850. The van der Waals surface area contributed by atoms with Gasteiger partial charge in [-0.3, -0.25) is 14.5 Å². The number of carbonyl (C=O) groups is 2. The molecule has 2 aliphatic rings. The number of halogens is 1. The Morgan fingerprint density at radius 2 is 2.07 bits per heavy atom. The predicted molar refractivity (Wildman–Crippen MR) is 106 cm³/mol. The monoisotopic (exact) mass is 383 g/mol. The number of rotatable bonds is 5. The highest BCUT2D eigenvalue weighted by atomic mass is 35.5. The number of nitrogens with one attached hydrogen (secondary N) is 1. The number of anilines is 2. The number of pyridine rings is 1. The second-order valence-electron chi connectivity index (χ2n) is 7.32. The first-order valence-corrected chi connectivity index (χ1v) is 9.82. The molecule has 5 nitrogen and oxygen atoms in total. The molecule has 2 amide bonds. The molecule has 0 saturated heterocycles. The number of amides is 2. The zero-order chi connectivity index (χ0) is 18.8. The average Bonchev–Trinajstić information content (AvgIpc) is 3.27. The van der Waals surface area contributed by atoms with Gasteiger partial charge in [-0.2, -0.15) is 0 Å². The van der Waals surface area contributed by atoms with Gasteiger partial charge in [0.05, 0.1) is 6.42 Å². The smallest absolute Gasteiger partial charge is 0.248 e. The Labute approximate surface area is 163 Å². The van der Waals surface area contributed by atoms with Crippen LogP contribution in [0.2, 0.25) is 5.02 Å². The van der Waals surface area contributed by atoms with Gasteiger partial charge in [0.2, 0.25) is 11.8 Å². The Balaban J connectivity index is 1.64. The van der Waals surface area contributed by atoms with Crippen molar-refractivity contribution in [2.75, 3.05) is 10.2 Å². The van der Waals surface area contributed by atoms with Gasteiger partial charge in [0, 0.05) is 16.9 Å². The summed E-state index contributed by atoms with van der Waals surface area (Å²) in [6, 6.07) is 10.3. The van der Waals surface area contributed by atoms with Crippen molar-refractivity contribution >= 4 is 34.9 Å². The predicted octanol–water partition coefficient (Wildman–Crippen LogP) is 4.21. The van der Waals surface area contributed by atoms with Crippen LogP contribution in [0.15, 0.2) is 42.6 Å². The highest BCUT2D eigenvalue weighted by Gasteiger charge is 2.38. The van der Waals surface area contributed by atoms with E-state index in [9.17, 15) is 9.59 Å². The third kappa shape index (κ3) is 3.83. The number of hydrogen-bond acceptors (Lipinski definition) is 3. The Morgan fingerprint density at radius 1 is 1.26 bits per heavy atom. The Hall–Kier alpha value is -2.40. The van der Waals surface area contributed by atoms with E-state index in [1.807, 2.05) is 12.1 Å². The quantitative estimate of drug-likeness (QED) is 0.841. The molecular formula is C21H22ClN3O2. The van der Waals surface area contributed by atoms with Gasteiger partial charge >= 0.3 is 0 Å². The standard InChI is InChI=1S/C21H22ClN3O2/c22-16-9-8-15-12-20(26)25(17(15)13-16)18(11-14-5-1-2-6-14)21(27)24-19-7-3-4-10-23-19/h3-4,7-10,13-14,18H,1-2,5-6,11-12H2,(H,23,24,27). The van der Waals surface area contributed by atoms with Gasteiger partial charge in [0.25, 0.3) is 0 Å². The van der Waals surface area contributed by atoms with E-state index >= 15 is 0 Å². The summed E-state index contributed by atoms with van der Waals surface area (Å²) in [7, 11) is 0. The highest BCUT2D eigenvalue weighted by molar-refractivity contribution is 6.31. The first kappa shape index (κ1) is 18.0. The van der Waals surface area contributed by atoms with Crippen molar-refractivity contribution in [3.63, 3.8) is 0 Å². The van der Waals surface area contributed by atoms with Crippen LogP contribution in [-0.4, -0.2) is 22.8 Å². The second-order valence-corrected chi connectivity index (χ2v) is 7.76. The maximum atomic E-state index is 13.1. The molecule has 1 saturated carbocycles. The lowest BCUT2D eigenvalue weighted by atomic mass is 9.96. The van der Waals surface area contributed by atoms with Crippen LogP contribution in [0.5, 0.6) is 0 Å². The fourth-order valence-corrected chi connectivity index (χ4v) is 4.34. The number of fused-ring (bicyclic) bond motifs is 1. The van der Waals surface area contributed by atoms with Crippen LogP contribution in [-0.2, 0) is 16.0 Å². The van der Waals surface area contributed by atoms with Crippen LogP contribution in [0.3, 0.4) is 0 Å². The summed E-state index contributed by atoms with van der Waals surface area (Å²) in [4.78, 5) is 31.8. The topological polar surface area (TPSA) is 62.3 Å². The second kappa shape index (κ2) is 7.69. The van der Waals surface area contributed by atoms with Gasteiger partial charge in [-0.25, -0.2) is 4.98 Å². The van der Waals surface area contributed by atoms with E-state index in [0.29, 0.717) is 29.6 Å². The SMILES string of the molecule is O=C(Nc1ccccn1)C(CC1CCCC1)N1C(=O)Cc2ccc(Cl)cc21. The summed E-state index contributed by atoms with van der Waals surface area (Å²) in [6.07, 6.45) is 7.21. The van der Waals surface area contributed by atoms with Crippen molar-refractivity contribution in [3.8, 4) is 0 Å². The van der Waals surface area contributed by atoms with Crippen LogP contribution in [0.1, 0.15) is 37.7 Å². The molecule has 0 bridgehead atoms. The molecule has 4 rings (SSSR count). The van der Waals surface area contributed by atoms with E-state index < -0.39 is 6.04 Å². The highest BCUT2D eigenvalue weighted by Crippen LogP contribution is 2.37. The summed E-state index contributed by atoms with van der Waals surface area (Å²) in [5, 5.41) is 3.45. The fraction of sp³-hybridized carbons (Fsp3) is 0.381. The summed E-state index contributed by atoms with van der Waals surface area (Å²) >= 11 is 6.17. The summed E-state index contributed by atoms with van der Waals surface area (Å²) in [6.45, 7) is 0. The van der Waals surface area contributed by atoms with Gasteiger partial charge in [-0.05, 0) is 42.2 Å². The molecule has 0 radical (unpaired) electrons. The first-order chi connectivity index (χ1) is 13.1. The maximum Gasteiger partial charge on any atom is 0.248 e. The molecule has 2 heterocycles. The van der Waals surface area contributed by atoms with E-state index in [2.05, 4.69) is 10.3 Å². The maximum absolute atomic E-state index is 13.1. The summed E-state index contributed by atoms with van der Waals surface area (Å²) in [5.41, 5.74) is 1.68. The van der Waals surface area contributed by atoms with Gasteiger partial charge in [-0.15, -0.1) is 0 Å². The Morgan fingerprint density at radius 3 is 2.81 bits per heavy atom. The van der Waals surface area contributed by atoms with Gasteiger partial charge in [0.1, 0.15) is 11.9 Å². The van der Waals surface area contributed by atoms with Crippen molar-refractivity contribution < 1.29 is 9.59 Å². The van der Waals surface area contributed by atoms with Crippen molar-refractivity contribution in [2.24, 2.45) is 5.92 Å². The molecule has 1 atom stereocenters. The van der Waals surface area contributed by atoms with Gasteiger partial charge < -0.3 is 5.32 Å². The third-order valence-electron chi connectivity index (χ3n) is 5.48. The lowest BCUT2D eigenvalue weighted by molar-refractivity contribution is -0.123. The van der Waals surface area contributed by atoms with Crippen LogP contribution in [0, 0.1) is 5.92 Å².